The number of hydrogen-bond donors (Lipinski definition) is 1. The molecule has 0 atom stereocenters. The molecule has 0 fully saturated rings. The molecular weight excluding hydrogens is 272 g/mol. The van der Waals surface area contributed by atoms with Crippen LogP contribution in [0.4, 0.5) is 4.79 Å². The summed E-state index contributed by atoms with van der Waals surface area (Å²) in [4.78, 5) is 14.1. The molecule has 0 unspecified atom stereocenters. The van der Waals surface area contributed by atoms with Gasteiger partial charge < -0.3 is 5.32 Å². The molecule has 2 amide bonds. The minimum Gasteiger partial charge on any atom is -0.334 e. The molecule has 3 heteroatoms. The van der Waals surface area contributed by atoms with Crippen molar-refractivity contribution >= 4 is 6.03 Å². The Morgan fingerprint density at radius 2 is 1.50 bits per heavy atom. The fourth-order valence-electron chi connectivity index (χ4n) is 2.14. The largest absolute Gasteiger partial charge is 0.334 e. The summed E-state index contributed by atoms with van der Waals surface area (Å²) in [5.41, 5.74) is 3.29. The molecule has 0 heterocycles. The number of carbonyl (C=O) groups is 1. The Morgan fingerprint density at radius 1 is 0.955 bits per heavy atom. The van der Waals surface area contributed by atoms with Gasteiger partial charge in [-0.25, -0.2) is 4.79 Å². The summed E-state index contributed by atoms with van der Waals surface area (Å²) in [6.45, 7) is 5.07. The van der Waals surface area contributed by atoms with Gasteiger partial charge in [0.1, 0.15) is 0 Å². The van der Waals surface area contributed by atoms with Crippen LogP contribution in [0.15, 0.2) is 72.4 Å². The van der Waals surface area contributed by atoms with Crippen molar-refractivity contribution in [2.75, 3.05) is 0 Å². The Balaban J connectivity index is 2.02. The first-order chi connectivity index (χ1) is 10.6. The highest BCUT2D eigenvalue weighted by atomic mass is 16.2. The third kappa shape index (κ3) is 5.09. The molecule has 0 saturated carbocycles. The molecule has 3 nitrogen and oxygen atoms in total. The summed E-state index contributed by atoms with van der Waals surface area (Å²) in [6.07, 6.45) is 1.88. The Bertz CT molecular complexity index is 616. The van der Waals surface area contributed by atoms with E-state index in [-0.39, 0.29) is 6.03 Å². The quantitative estimate of drug-likeness (QED) is 0.875. The maximum Gasteiger partial charge on any atom is 0.321 e. The van der Waals surface area contributed by atoms with Crippen LogP contribution in [0.3, 0.4) is 0 Å². The smallest absolute Gasteiger partial charge is 0.321 e. The first-order valence-electron chi connectivity index (χ1n) is 7.42. The minimum atomic E-state index is -0.0890. The van der Waals surface area contributed by atoms with Gasteiger partial charge in [0.15, 0.2) is 0 Å². The van der Waals surface area contributed by atoms with E-state index in [0.717, 1.165) is 16.7 Å². The number of nitrogens with one attached hydrogen (secondary N) is 1. The van der Waals surface area contributed by atoms with Gasteiger partial charge in [-0.2, -0.15) is 0 Å². The number of carbonyl (C=O) groups excluding carboxylic acids is 1. The topological polar surface area (TPSA) is 32.3 Å². The molecule has 0 radical (unpaired) electrons. The number of hydrogen-bond acceptors (Lipinski definition) is 1. The predicted molar refractivity (Wildman–Crippen MR) is 90.1 cm³/mol. The summed E-state index contributed by atoms with van der Waals surface area (Å²) in [7, 11) is 0. The van der Waals surface area contributed by atoms with Crippen LogP contribution >= 0.6 is 0 Å². The fourth-order valence-corrected chi connectivity index (χ4v) is 2.14. The van der Waals surface area contributed by atoms with Crippen molar-refractivity contribution < 1.29 is 4.79 Å². The Labute approximate surface area is 132 Å². The molecule has 22 heavy (non-hydrogen) atoms. The van der Waals surface area contributed by atoms with Crippen LogP contribution in [0.5, 0.6) is 0 Å². The summed E-state index contributed by atoms with van der Waals surface area (Å²) in [5, 5.41) is 2.97. The van der Waals surface area contributed by atoms with Crippen LogP contribution in [-0.4, -0.2) is 10.9 Å². The van der Waals surface area contributed by atoms with E-state index in [0.29, 0.717) is 13.1 Å². The lowest BCUT2D eigenvalue weighted by Gasteiger charge is -2.20. The van der Waals surface area contributed by atoms with Crippen molar-refractivity contribution in [3.63, 3.8) is 0 Å². The van der Waals surface area contributed by atoms with Gasteiger partial charge in [0.2, 0.25) is 0 Å². The second-order valence-electron chi connectivity index (χ2n) is 5.46. The molecule has 1 N–H and O–H groups in total. The van der Waals surface area contributed by atoms with Crippen LogP contribution in [-0.2, 0) is 13.1 Å². The van der Waals surface area contributed by atoms with Crippen LogP contribution in [0, 0.1) is 0 Å². The minimum absolute atomic E-state index is 0.0890. The number of urea groups is 1. The Kier molecular flexibility index (Phi) is 5.78. The van der Waals surface area contributed by atoms with Gasteiger partial charge in [0.25, 0.3) is 0 Å². The molecule has 0 bridgehead atoms. The maximum atomic E-state index is 12.4. The zero-order valence-electron chi connectivity index (χ0n) is 13.1. The lowest BCUT2D eigenvalue weighted by Crippen LogP contribution is -2.35. The first-order valence-corrected chi connectivity index (χ1v) is 7.42. The average molecular weight is 294 g/mol. The van der Waals surface area contributed by atoms with Crippen molar-refractivity contribution in [2.24, 2.45) is 0 Å². The number of benzene rings is 2. The van der Waals surface area contributed by atoms with E-state index in [4.69, 9.17) is 0 Å². The summed E-state index contributed by atoms with van der Waals surface area (Å²) in [5.74, 6) is 0. The molecular formula is C19H22N2O. The SMILES string of the molecule is CC(C)=CN(Cc1ccccc1)C(=O)NCc1ccccc1. The number of rotatable bonds is 5. The van der Waals surface area contributed by atoms with Crippen molar-refractivity contribution in [3.8, 4) is 0 Å². The molecule has 0 aliphatic rings. The molecule has 2 rings (SSSR count). The number of amides is 2. The molecule has 114 valence electrons. The Morgan fingerprint density at radius 3 is 2.05 bits per heavy atom. The second kappa shape index (κ2) is 8.03. The highest BCUT2D eigenvalue weighted by Gasteiger charge is 2.11. The average Bonchev–Trinajstić information content (AvgIpc) is 2.53. The molecule has 0 aliphatic heterocycles. The van der Waals surface area contributed by atoms with Gasteiger partial charge >= 0.3 is 6.03 Å². The first kappa shape index (κ1) is 15.8. The van der Waals surface area contributed by atoms with Crippen LogP contribution < -0.4 is 5.32 Å². The third-order valence-electron chi connectivity index (χ3n) is 3.16. The molecule has 0 aliphatic carbocycles. The van der Waals surface area contributed by atoms with Crippen LogP contribution in [0.2, 0.25) is 0 Å². The van der Waals surface area contributed by atoms with E-state index < -0.39 is 0 Å². The van der Waals surface area contributed by atoms with E-state index in [2.05, 4.69) is 5.32 Å². The highest BCUT2D eigenvalue weighted by molar-refractivity contribution is 5.75. The third-order valence-corrected chi connectivity index (χ3v) is 3.16. The van der Waals surface area contributed by atoms with Gasteiger partial charge in [-0.3, -0.25) is 4.90 Å². The van der Waals surface area contributed by atoms with E-state index in [1.807, 2.05) is 80.7 Å². The van der Waals surface area contributed by atoms with Gasteiger partial charge in [-0.15, -0.1) is 0 Å². The normalized spacial score (nSPS) is 9.91. The molecule has 0 aromatic heterocycles. The van der Waals surface area contributed by atoms with E-state index in [9.17, 15) is 4.79 Å². The Hall–Kier alpha value is -2.55. The van der Waals surface area contributed by atoms with Crippen molar-refractivity contribution in [3.05, 3.63) is 83.6 Å². The zero-order valence-corrected chi connectivity index (χ0v) is 13.1. The fraction of sp³-hybridized carbons (Fsp3) is 0.211. The van der Waals surface area contributed by atoms with Crippen molar-refractivity contribution in [1.29, 1.82) is 0 Å². The van der Waals surface area contributed by atoms with Crippen molar-refractivity contribution in [2.45, 2.75) is 26.9 Å². The highest BCUT2D eigenvalue weighted by Crippen LogP contribution is 2.08. The zero-order chi connectivity index (χ0) is 15.8. The summed E-state index contributed by atoms with van der Waals surface area (Å²) < 4.78 is 0. The molecule has 0 spiro atoms. The van der Waals surface area contributed by atoms with Gasteiger partial charge in [0, 0.05) is 12.7 Å². The van der Waals surface area contributed by atoms with E-state index in [1.165, 1.54) is 0 Å². The van der Waals surface area contributed by atoms with Gasteiger partial charge in [-0.1, -0.05) is 66.2 Å². The monoisotopic (exact) mass is 294 g/mol. The lowest BCUT2D eigenvalue weighted by atomic mass is 10.2. The van der Waals surface area contributed by atoms with Crippen LogP contribution in [0.1, 0.15) is 25.0 Å². The van der Waals surface area contributed by atoms with Crippen LogP contribution in [0.25, 0.3) is 0 Å². The lowest BCUT2D eigenvalue weighted by molar-refractivity contribution is 0.213. The van der Waals surface area contributed by atoms with Crippen molar-refractivity contribution in [1.82, 2.24) is 10.2 Å². The summed E-state index contributed by atoms with van der Waals surface area (Å²) >= 11 is 0. The molecule has 0 saturated heterocycles. The number of allylic oxidation sites excluding steroid dienone is 1. The number of nitrogens with zero attached hydrogens (tertiary/aromatic N) is 1. The van der Waals surface area contributed by atoms with E-state index >= 15 is 0 Å². The second-order valence-corrected chi connectivity index (χ2v) is 5.46. The standard InChI is InChI=1S/C19H22N2O/c1-16(2)14-21(15-18-11-7-4-8-12-18)19(22)20-13-17-9-5-3-6-10-17/h3-12,14H,13,15H2,1-2H3,(H,20,22). The summed E-state index contributed by atoms with van der Waals surface area (Å²) in [6, 6.07) is 19.8. The van der Waals surface area contributed by atoms with Gasteiger partial charge in [0.05, 0.1) is 6.54 Å². The maximum absolute atomic E-state index is 12.4. The molecule has 2 aromatic carbocycles. The van der Waals surface area contributed by atoms with E-state index in [1.54, 1.807) is 4.90 Å². The molecule has 2 aromatic rings. The predicted octanol–water partition coefficient (Wildman–Crippen LogP) is 4.32. The van der Waals surface area contributed by atoms with Gasteiger partial charge in [-0.05, 0) is 25.0 Å².